The average molecular weight is 378 g/mol. The van der Waals surface area contributed by atoms with Crippen molar-refractivity contribution in [3.8, 4) is 5.82 Å². The highest BCUT2D eigenvalue weighted by molar-refractivity contribution is 5.92. The average Bonchev–Trinajstić information content (AvgIpc) is 3.46. The number of aryl methyl sites for hydroxylation is 2. The number of amides is 1. The van der Waals surface area contributed by atoms with Crippen molar-refractivity contribution in [1.82, 2.24) is 34.4 Å². The van der Waals surface area contributed by atoms with Gasteiger partial charge in [-0.2, -0.15) is 10.2 Å². The zero-order valence-electron chi connectivity index (χ0n) is 15.9. The van der Waals surface area contributed by atoms with Crippen molar-refractivity contribution in [2.45, 2.75) is 6.92 Å². The highest BCUT2D eigenvalue weighted by atomic mass is 16.2. The third-order valence-corrected chi connectivity index (χ3v) is 5.81. The van der Waals surface area contributed by atoms with Gasteiger partial charge in [-0.25, -0.2) is 14.6 Å². The molecule has 3 aromatic heterocycles. The van der Waals surface area contributed by atoms with E-state index in [1.807, 2.05) is 43.3 Å². The van der Waals surface area contributed by atoms with Crippen LogP contribution in [0.4, 0.5) is 5.82 Å². The van der Waals surface area contributed by atoms with Crippen LogP contribution < -0.4 is 4.90 Å². The number of nitrogens with zero attached hydrogens (tertiary/aromatic N) is 8. The summed E-state index contributed by atoms with van der Waals surface area (Å²) in [5.74, 6) is 2.61. The van der Waals surface area contributed by atoms with Crippen LogP contribution in [0.3, 0.4) is 0 Å². The third kappa shape index (κ3) is 2.83. The molecule has 2 fully saturated rings. The molecule has 28 heavy (non-hydrogen) atoms. The lowest BCUT2D eigenvalue weighted by Crippen LogP contribution is -2.33. The fraction of sp³-hybridized carbons (Fsp3) is 0.421. The molecule has 144 valence electrons. The molecule has 0 radical (unpaired) electrons. The van der Waals surface area contributed by atoms with Gasteiger partial charge in [0.1, 0.15) is 12.1 Å². The summed E-state index contributed by atoms with van der Waals surface area (Å²) < 4.78 is 3.48. The summed E-state index contributed by atoms with van der Waals surface area (Å²) in [5.41, 5.74) is 1.53. The second kappa shape index (κ2) is 6.43. The Labute approximate surface area is 162 Å². The van der Waals surface area contributed by atoms with Gasteiger partial charge >= 0.3 is 0 Å². The van der Waals surface area contributed by atoms with Crippen molar-refractivity contribution >= 4 is 11.7 Å². The molecular weight excluding hydrogens is 356 g/mol. The zero-order valence-corrected chi connectivity index (χ0v) is 15.9. The summed E-state index contributed by atoms with van der Waals surface area (Å²) in [6.45, 7) is 5.29. The standard InChI is InChI=1S/C19H22N8O/c1-13-6-16(23-24(13)2)19(28)26-10-14-8-25(9-15(14)11-26)17-7-18(21-12-20-17)27-5-3-4-22-27/h3-7,12,14-15H,8-11H2,1-2H3. The van der Waals surface area contributed by atoms with Gasteiger partial charge in [-0.05, 0) is 19.1 Å². The van der Waals surface area contributed by atoms with E-state index in [-0.39, 0.29) is 5.91 Å². The maximum Gasteiger partial charge on any atom is 0.274 e. The van der Waals surface area contributed by atoms with Crippen LogP contribution in [0.5, 0.6) is 0 Å². The molecule has 0 aromatic carbocycles. The first-order valence-corrected chi connectivity index (χ1v) is 9.45. The van der Waals surface area contributed by atoms with Crippen LogP contribution in [-0.2, 0) is 7.05 Å². The first-order valence-electron chi connectivity index (χ1n) is 9.45. The second-order valence-electron chi connectivity index (χ2n) is 7.61. The molecular formula is C19H22N8O. The van der Waals surface area contributed by atoms with Crippen LogP contribution in [0.25, 0.3) is 5.82 Å². The van der Waals surface area contributed by atoms with Gasteiger partial charge in [0.15, 0.2) is 11.5 Å². The molecule has 0 saturated carbocycles. The monoisotopic (exact) mass is 378 g/mol. The predicted octanol–water partition coefficient (Wildman–Crippen LogP) is 0.913. The van der Waals surface area contributed by atoms with Gasteiger partial charge in [-0.1, -0.05) is 0 Å². The summed E-state index contributed by atoms with van der Waals surface area (Å²) in [5, 5.41) is 8.57. The quantitative estimate of drug-likeness (QED) is 0.674. The molecule has 3 aromatic rings. The van der Waals surface area contributed by atoms with E-state index in [1.165, 1.54) is 0 Å². The number of carbonyl (C=O) groups is 1. The molecule has 0 N–H and O–H groups in total. The van der Waals surface area contributed by atoms with Crippen molar-refractivity contribution in [3.63, 3.8) is 0 Å². The Balaban J connectivity index is 1.27. The van der Waals surface area contributed by atoms with Crippen LogP contribution in [0.1, 0.15) is 16.2 Å². The molecule has 5 rings (SSSR count). The lowest BCUT2D eigenvalue weighted by Gasteiger charge is -2.22. The fourth-order valence-electron chi connectivity index (χ4n) is 4.21. The van der Waals surface area contributed by atoms with E-state index in [1.54, 1.807) is 21.9 Å². The molecule has 2 aliphatic rings. The highest BCUT2D eigenvalue weighted by Gasteiger charge is 2.42. The van der Waals surface area contributed by atoms with Crippen molar-refractivity contribution < 1.29 is 4.79 Å². The van der Waals surface area contributed by atoms with Gasteiger partial charge in [-0.15, -0.1) is 0 Å². The normalized spacial score (nSPS) is 21.4. The van der Waals surface area contributed by atoms with E-state index < -0.39 is 0 Å². The van der Waals surface area contributed by atoms with E-state index in [0.29, 0.717) is 17.5 Å². The minimum atomic E-state index is 0.0349. The van der Waals surface area contributed by atoms with Crippen molar-refractivity contribution in [1.29, 1.82) is 0 Å². The van der Waals surface area contributed by atoms with Crippen molar-refractivity contribution in [2.75, 3.05) is 31.1 Å². The first kappa shape index (κ1) is 16.9. The summed E-state index contributed by atoms with van der Waals surface area (Å²) in [4.78, 5) is 25.8. The minimum absolute atomic E-state index is 0.0349. The smallest absolute Gasteiger partial charge is 0.274 e. The van der Waals surface area contributed by atoms with Crippen LogP contribution in [0, 0.1) is 18.8 Å². The maximum absolute atomic E-state index is 12.8. The minimum Gasteiger partial charge on any atom is -0.356 e. The zero-order chi connectivity index (χ0) is 19.3. The molecule has 2 aliphatic heterocycles. The predicted molar refractivity (Wildman–Crippen MR) is 102 cm³/mol. The van der Waals surface area contributed by atoms with Gasteiger partial charge in [0.25, 0.3) is 5.91 Å². The van der Waals surface area contributed by atoms with Gasteiger partial charge in [0.05, 0.1) is 0 Å². The molecule has 5 heterocycles. The number of hydrogen-bond acceptors (Lipinski definition) is 6. The number of rotatable bonds is 3. The van der Waals surface area contributed by atoms with Crippen LogP contribution in [0.2, 0.25) is 0 Å². The Morgan fingerprint density at radius 3 is 2.46 bits per heavy atom. The Bertz CT molecular complexity index is 977. The number of aromatic nitrogens is 6. The van der Waals surface area contributed by atoms with Crippen LogP contribution >= 0.6 is 0 Å². The molecule has 9 nitrogen and oxygen atoms in total. The topological polar surface area (TPSA) is 85.0 Å². The fourth-order valence-corrected chi connectivity index (χ4v) is 4.21. The molecule has 2 atom stereocenters. The molecule has 9 heteroatoms. The number of anilines is 1. The Morgan fingerprint density at radius 1 is 1.07 bits per heavy atom. The lowest BCUT2D eigenvalue weighted by atomic mass is 10.0. The number of fused-ring (bicyclic) bond motifs is 1. The van der Waals surface area contributed by atoms with Gasteiger partial charge in [0.2, 0.25) is 0 Å². The van der Waals surface area contributed by atoms with Crippen LogP contribution in [-0.4, -0.2) is 66.5 Å². The number of likely N-dealkylation sites (tertiary alicyclic amines) is 1. The molecule has 0 aliphatic carbocycles. The Morgan fingerprint density at radius 2 is 1.82 bits per heavy atom. The largest absolute Gasteiger partial charge is 0.356 e. The van der Waals surface area contributed by atoms with Gasteiger partial charge < -0.3 is 9.80 Å². The first-order chi connectivity index (χ1) is 13.6. The summed E-state index contributed by atoms with van der Waals surface area (Å²) >= 11 is 0. The molecule has 0 spiro atoms. The highest BCUT2D eigenvalue weighted by Crippen LogP contribution is 2.34. The third-order valence-electron chi connectivity index (χ3n) is 5.81. The summed E-state index contributed by atoms with van der Waals surface area (Å²) in [6, 6.07) is 5.70. The lowest BCUT2D eigenvalue weighted by molar-refractivity contribution is 0.0776. The maximum atomic E-state index is 12.8. The number of hydrogen-bond donors (Lipinski definition) is 0. The molecule has 0 bridgehead atoms. The van der Waals surface area contributed by atoms with E-state index in [4.69, 9.17) is 0 Å². The molecule has 1 amide bonds. The van der Waals surface area contributed by atoms with Gasteiger partial charge in [-0.3, -0.25) is 9.48 Å². The Kier molecular flexibility index (Phi) is 3.88. The van der Waals surface area contributed by atoms with Crippen LogP contribution in [0.15, 0.2) is 36.9 Å². The number of carbonyl (C=O) groups excluding carboxylic acids is 1. The van der Waals surface area contributed by atoms with E-state index >= 15 is 0 Å². The second-order valence-corrected chi connectivity index (χ2v) is 7.61. The SMILES string of the molecule is Cc1cc(C(=O)N2CC3CN(c4cc(-n5cccn5)ncn4)CC3C2)nn1C. The van der Waals surface area contributed by atoms with E-state index in [0.717, 1.165) is 43.5 Å². The van der Waals surface area contributed by atoms with E-state index in [2.05, 4.69) is 25.1 Å². The molecule has 2 saturated heterocycles. The molecule has 2 unspecified atom stereocenters. The summed E-state index contributed by atoms with van der Waals surface area (Å²) in [6.07, 6.45) is 5.18. The van der Waals surface area contributed by atoms with E-state index in [9.17, 15) is 4.79 Å². The van der Waals surface area contributed by atoms with Gasteiger partial charge in [0, 0.05) is 69.2 Å². The summed E-state index contributed by atoms with van der Waals surface area (Å²) in [7, 11) is 1.86. The van der Waals surface area contributed by atoms with Crippen molar-refractivity contribution in [2.24, 2.45) is 18.9 Å². The Hall–Kier alpha value is -3.23. The van der Waals surface area contributed by atoms with Crippen molar-refractivity contribution in [3.05, 3.63) is 48.3 Å².